The molecular weight excluding hydrogens is 304 g/mol. The highest BCUT2D eigenvalue weighted by atomic mass is 16.3. The number of hydrogen-bond donors (Lipinski definition) is 1. The Morgan fingerprint density at radius 3 is 3.00 bits per heavy atom. The summed E-state index contributed by atoms with van der Waals surface area (Å²) in [6.07, 6.45) is 6.39. The molecule has 1 N–H and O–H groups in total. The van der Waals surface area contributed by atoms with Crippen LogP contribution in [0, 0.1) is 0 Å². The van der Waals surface area contributed by atoms with Crippen molar-refractivity contribution in [1.29, 1.82) is 0 Å². The average molecular weight is 326 g/mol. The van der Waals surface area contributed by atoms with Crippen LogP contribution in [0.15, 0.2) is 36.8 Å². The molecule has 0 aliphatic carbocycles. The van der Waals surface area contributed by atoms with E-state index in [4.69, 9.17) is 0 Å². The van der Waals surface area contributed by atoms with E-state index >= 15 is 0 Å². The molecule has 0 aromatic carbocycles. The molecule has 24 heavy (non-hydrogen) atoms. The summed E-state index contributed by atoms with van der Waals surface area (Å²) in [6, 6.07) is 6.30. The van der Waals surface area contributed by atoms with E-state index in [2.05, 4.69) is 40.2 Å². The average Bonchev–Trinajstić information content (AvgIpc) is 3.28. The molecule has 7 heteroatoms. The highest BCUT2D eigenvalue weighted by Crippen LogP contribution is 2.32. The van der Waals surface area contributed by atoms with Crippen molar-refractivity contribution in [3.63, 3.8) is 0 Å². The van der Waals surface area contributed by atoms with Gasteiger partial charge >= 0.3 is 0 Å². The minimum atomic E-state index is -0.921. The molecule has 4 rings (SSSR count). The normalized spacial score (nSPS) is 22.0. The molecule has 0 radical (unpaired) electrons. The Balaban J connectivity index is 1.51. The summed E-state index contributed by atoms with van der Waals surface area (Å²) in [5.74, 6) is 0. The zero-order chi connectivity index (χ0) is 16.7. The number of rotatable bonds is 4. The molecule has 0 bridgehead atoms. The standard InChI is InChI=1S/C17H22N6O/c1-13(2)23-11-16(19-20-23)17(24)6-8-21(12-17)10-14-9-18-22-7-4-3-5-15(14)22/h3-5,7,9,11,13,24H,6,8,10,12H2,1-2H3. The number of fused-ring (bicyclic) bond motifs is 1. The van der Waals surface area contributed by atoms with Crippen LogP contribution in [0.2, 0.25) is 0 Å². The highest BCUT2D eigenvalue weighted by molar-refractivity contribution is 5.53. The molecule has 0 spiro atoms. The van der Waals surface area contributed by atoms with Gasteiger partial charge in [-0.3, -0.25) is 4.90 Å². The Bertz CT molecular complexity index is 854. The van der Waals surface area contributed by atoms with Crippen LogP contribution in [0.3, 0.4) is 0 Å². The number of likely N-dealkylation sites (tertiary alicyclic amines) is 1. The van der Waals surface area contributed by atoms with Crippen LogP contribution in [0.1, 0.15) is 37.6 Å². The summed E-state index contributed by atoms with van der Waals surface area (Å²) in [4.78, 5) is 2.25. The van der Waals surface area contributed by atoms with Gasteiger partial charge in [0.15, 0.2) is 0 Å². The first-order valence-corrected chi connectivity index (χ1v) is 8.33. The third kappa shape index (κ3) is 2.59. The van der Waals surface area contributed by atoms with E-state index in [0.717, 1.165) is 18.6 Å². The van der Waals surface area contributed by atoms with Gasteiger partial charge in [-0.15, -0.1) is 5.10 Å². The smallest absolute Gasteiger partial charge is 0.124 e. The van der Waals surface area contributed by atoms with Crippen molar-refractivity contribution in [1.82, 2.24) is 29.5 Å². The lowest BCUT2D eigenvalue weighted by Crippen LogP contribution is -2.31. The second-order valence-corrected chi connectivity index (χ2v) is 6.87. The predicted molar refractivity (Wildman–Crippen MR) is 89.4 cm³/mol. The maximum absolute atomic E-state index is 11.0. The fourth-order valence-corrected chi connectivity index (χ4v) is 3.31. The number of aromatic nitrogens is 5. The number of hydrogen-bond acceptors (Lipinski definition) is 5. The maximum Gasteiger partial charge on any atom is 0.124 e. The first-order valence-electron chi connectivity index (χ1n) is 8.33. The molecule has 1 aliphatic rings. The van der Waals surface area contributed by atoms with Gasteiger partial charge in [0, 0.05) is 37.4 Å². The topological polar surface area (TPSA) is 71.5 Å². The van der Waals surface area contributed by atoms with Gasteiger partial charge in [-0.1, -0.05) is 11.3 Å². The molecule has 1 unspecified atom stereocenters. The second-order valence-electron chi connectivity index (χ2n) is 6.87. The Kier molecular flexibility index (Phi) is 3.62. The highest BCUT2D eigenvalue weighted by Gasteiger charge is 2.40. The number of aliphatic hydroxyl groups is 1. The SMILES string of the molecule is CC(C)n1cc(C2(O)CCN(Cc3cnn4ccccc34)C2)nn1. The van der Waals surface area contributed by atoms with Crippen molar-refractivity contribution in [3.8, 4) is 0 Å². The number of β-amino-alcohol motifs (C(OH)–C–C–N with tert-alkyl or cyclic N) is 1. The zero-order valence-electron chi connectivity index (χ0n) is 14.0. The Labute approximate surface area is 140 Å². The van der Waals surface area contributed by atoms with Crippen LogP contribution in [0.5, 0.6) is 0 Å². The van der Waals surface area contributed by atoms with Crippen LogP contribution >= 0.6 is 0 Å². The van der Waals surface area contributed by atoms with Crippen LogP contribution in [-0.2, 0) is 12.1 Å². The lowest BCUT2D eigenvalue weighted by molar-refractivity contribution is 0.0408. The summed E-state index contributed by atoms with van der Waals surface area (Å²) in [7, 11) is 0. The fourth-order valence-electron chi connectivity index (χ4n) is 3.31. The number of pyridine rings is 1. The molecule has 3 aromatic rings. The van der Waals surface area contributed by atoms with Gasteiger partial charge in [0.25, 0.3) is 0 Å². The molecule has 1 saturated heterocycles. The van der Waals surface area contributed by atoms with Crippen LogP contribution in [0.4, 0.5) is 0 Å². The van der Waals surface area contributed by atoms with Gasteiger partial charge in [-0.25, -0.2) is 9.20 Å². The van der Waals surface area contributed by atoms with E-state index < -0.39 is 5.60 Å². The van der Waals surface area contributed by atoms with Gasteiger partial charge < -0.3 is 5.11 Å². The quantitative estimate of drug-likeness (QED) is 0.788. The van der Waals surface area contributed by atoms with Crippen LogP contribution < -0.4 is 0 Å². The van der Waals surface area contributed by atoms with Gasteiger partial charge in [0.1, 0.15) is 11.3 Å². The van der Waals surface area contributed by atoms with Crippen molar-refractivity contribution in [3.05, 3.63) is 48.0 Å². The van der Waals surface area contributed by atoms with Crippen molar-refractivity contribution < 1.29 is 5.11 Å². The predicted octanol–water partition coefficient (Wildman–Crippen LogP) is 1.60. The molecule has 0 amide bonds. The summed E-state index contributed by atoms with van der Waals surface area (Å²) < 4.78 is 3.67. The lowest BCUT2D eigenvalue weighted by atomic mass is 10.00. The molecule has 1 fully saturated rings. The molecule has 7 nitrogen and oxygen atoms in total. The minimum absolute atomic E-state index is 0.242. The third-order valence-corrected chi connectivity index (χ3v) is 4.74. The third-order valence-electron chi connectivity index (χ3n) is 4.74. The van der Waals surface area contributed by atoms with Gasteiger partial charge in [0.2, 0.25) is 0 Å². The fraction of sp³-hybridized carbons (Fsp3) is 0.471. The maximum atomic E-state index is 11.0. The van der Waals surface area contributed by atoms with E-state index in [-0.39, 0.29) is 6.04 Å². The molecule has 1 aliphatic heterocycles. The first-order chi connectivity index (χ1) is 11.5. The molecule has 126 valence electrons. The second kappa shape index (κ2) is 5.68. The molecule has 4 heterocycles. The van der Waals surface area contributed by atoms with Crippen LogP contribution in [0.25, 0.3) is 5.52 Å². The summed E-state index contributed by atoms with van der Waals surface area (Å²) in [5.41, 5.74) is 2.03. The molecule has 0 saturated carbocycles. The Hall–Kier alpha value is -2.25. The van der Waals surface area contributed by atoms with Gasteiger partial charge in [-0.2, -0.15) is 5.10 Å². The van der Waals surface area contributed by atoms with E-state index in [1.54, 1.807) is 4.68 Å². The molecule has 3 aromatic heterocycles. The van der Waals surface area contributed by atoms with E-state index in [0.29, 0.717) is 18.7 Å². The Morgan fingerprint density at radius 1 is 1.33 bits per heavy atom. The lowest BCUT2D eigenvalue weighted by Gasteiger charge is -2.20. The first kappa shape index (κ1) is 15.3. The molecule has 1 atom stereocenters. The van der Waals surface area contributed by atoms with Crippen molar-refractivity contribution in [2.45, 2.75) is 38.5 Å². The minimum Gasteiger partial charge on any atom is -0.382 e. The number of nitrogens with zero attached hydrogens (tertiary/aromatic N) is 6. The van der Waals surface area contributed by atoms with E-state index in [1.165, 1.54) is 5.56 Å². The van der Waals surface area contributed by atoms with Crippen LogP contribution in [-0.4, -0.2) is 47.7 Å². The van der Waals surface area contributed by atoms with Crippen molar-refractivity contribution in [2.24, 2.45) is 0 Å². The van der Waals surface area contributed by atoms with Gasteiger partial charge in [0.05, 0.1) is 17.9 Å². The van der Waals surface area contributed by atoms with E-state index in [1.807, 2.05) is 35.2 Å². The molecular formula is C17H22N6O. The summed E-state index contributed by atoms with van der Waals surface area (Å²) in [6.45, 7) is 6.26. The zero-order valence-corrected chi connectivity index (χ0v) is 14.0. The van der Waals surface area contributed by atoms with E-state index in [9.17, 15) is 5.11 Å². The Morgan fingerprint density at radius 2 is 2.21 bits per heavy atom. The monoisotopic (exact) mass is 326 g/mol. The van der Waals surface area contributed by atoms with Crippen molar-refractivity contribution >= 4 is 5.52 Å². The van der Waals surface area contributed by atoms with Crippen molar-refractivity contribution in [2.75, 3.05) is 13.1 Å². The summed E-state index contributed by atoms with van der Waals surface area (Å²) >= 11 is 0. The largest absolute Gasteiger partial charge is 0.382 e. The van der Waals surface area contributed by atoms with Gasteiger partial charge in [-0.05, 0) is 32.4 Å². The summed E-state index contributed by atoms with van der Waals surface area (Å²) in [5, 5.41) is 23.7.